The predicted octanol–water partition coefficient (Wildman–Crippen LogP) is 2.01. The molecule has 82 valence electrons. The van der Waals surface area contributed by atoms with Crippen molar-refractivity contribution in [3.8, 4) is 0 Å². The Balaban J connectivity index is 3.94. The highest BCUT2D eigenvalue weighted by Gasteiger charge is 2.21. The molecule has 0 fully saturated rings. The summed E-state index contributed by atoms with van der Waals surface area (Å²) >= 11 is 0. The maximum atomic E-state index is 11.4. The van der Waals surface area contributed by atoms with E-state index in [4.69, 9.17) is 10.5 Å². The lowest BCUT2D eigenvalue weighted by Gasteiger charge is -2.22. The van der Waals surface area contributed by atoms with Crippen molar-refractivity contribution in [2.75, 3.05) is 0 Å². The molecule has 3 heteroatoms. The van der Waals surface area contributed by atoms with Crippen molar-refractivity contribution in [2.45, 2.75) is 52.2 Å². The third kappa shape index (κ3) is 6.66. The zero-order valence-electron chi connectivity index (χ0n) is 9.59. The number of rotatable bonds is 4. The van der Waals surface area contributed by atoms with Crippen molar-refractivity contribution in [1.29, 1.82) is 0 Å². The molecule has 0 rings (SSSR count). The largest absolute Gasteiger partial charge is 0.459 e. The van der Waals surface area contributed by atoms with Crippen LogP contribution in [0.1, 0.15) is 40.5 Å². The zero-order valence-corrected chi connectivity index (χ0v) is 9.59. The van der Waals surface area contributed by atoms with Crippen molar-refractivity contribution in [1.82, 2.24) is 0 Å². The summed E-state index contributed by atoms with van der Waals surface area (Å²) < 4.78 is 5.14. The average molecular weight is 199 g/mol. The van der Waals surface area contributed by atoms with Gasteiger partial charge in [0.2, 0.25) is 0 Å². The second kappa shape index (κ2) is 5.15. The molecule has 0 heterocycles. The van der Waals surface area contributed by atoms with Gasteiger partial charge in [-0.25, -0.2) is 0 Å². The van der Waals surface area contributed by atoms with Crippen LogP contribution in [0, 0.1) is 0 Å². The highest BCUT2D eigenvalue weighted by molar-refractivity contribution is 5.75. The third-order valence-electron chi connectivity index (χ3n) is 1.59. The number of hydrogen-bond acceptors (Lipinski definition) is 3. The highest BCUT2D eigenvalue weighted by atomic mass is 16.6. The molecule has 0 bridgehead atoms. The molecule has 0 saturated carbocycles. The number of ether oxygens (including phenoxy) is 1. The molecule has 14 heavy (non-hydrogen) atoms. The van der Waals surface area contributed by atoms with Gasteiger partial charge in [0, 0.05) is 0 Å². The number of carbonyl (C=O) groups excluding carboxylic acids is 1. The quantitative estimate of drug-likeness (QED) is 0.556. The van der Waals surface area contributed by atoms with Crippen LogP contribution in [0.15, 0.2) is 12.2 Å². The molecule has 2 N–H and O–H groups in total. The Morgan fingerprint density at radius 1 is 1.50 bits per heavy atom. The lowest BCUT2D eigenvalue weighted by Crippen LogP contribution is -2.37. The first-order valence-electron chi connectivity index (χ1n) is 4.85. The number of esters is 1. The van der Waals surface area contributed by atoms with Crippen LogP contribution < -0.4 is 5.73 Å². The first kappa shape index (κ1) is 13.2. The summed E-state index contributed by atoms with van der Waals surface area (Å²) in [6.07, 6.45) is 1.37. The highest BCUT2D eigenvalue weighted by Crippen LogP contribution is 2.10. The summed E-state index contributed by atoms with van der Waals surface area (Å²) in [5.41, 5.74) is 6.23. The van der Waals surface area contributed by atoms with E-state index in [0.717, 1.165) is 12.0 Å². The Labute approximate surface area is 86.3 Å². The van der Waals surface area contributed by atoms with Crippen molar-refractivity contribution < 1.29 is 9.53 Å². The van der Waals surface area contributed by atoms with Crippen LogP contribution >= 0.6 is 0 Å². The maximum Gasteiger partial charge on any atom is 0.323 e. The molecule has 0 aromatic carbocycles. The first-order chi connectivity index (χ1) is 6.22. The smallest absolute Gasteiger partial charge is 0.323 e. The average Bonchev–Trinajstić information content (AvgIpc) is 1.96. The Morgan fingerprint density at radius 2 is 2.00 bits per heavy atom. The standard InChI is InChI=1S/C11H21NO2/c1-8(2)6-7-9(12)10(13)14-11(3,4)5/h9H,1,6-7,12H2,2-5H3. The SMILES string of the molecule is C=C(C)CCC(N)C(=O)OC(C)(C)C. The summed E-state index contributed by atoms with van der Waals surface area (Å²) in [6, 6.07) is -0.536. The monoisotopic (exact) mass is 199 g/mol. The molecule has 0 aromatic rings. The predicted molar refractivity (Wildman–Crippen MR) is 57.9 cm³/mol. The summed E-state index contributed by atoms with van der Waals surface area (Å²) in [6.45, 7) is 11.2. The van der Waals surface area contributed by atoms with E-state index < -0.39 is 11.6 Å². The number of allylic oxidation sites excluding steroid dienone is 1. The number of hydrogen-bond donors (Lipinski definition) is 1. The lowest BCUT2D eigenvalue weighted by molar-refractivity contribution is -0.156. The van der Waals surface area contributed by atoms with Crippen molar-refractivity contribution in [3.05, 3.63) is 12.2 Å². The minimum atomic E-state index is -0.536. The van der Waals surface area contributed by atoms with Crippen LogP contribution in [0.5, 0.6) is 0 Å². The summed E-state index contributed by atoms with van der Waals surface area (Å²) in [7, 11) is 0. The molecule has 0 aliphatic rings. The van der Waals surface area contributed by atoms with Gasteiger partial charge in [-0.1, -0.05) is 5.57 Å². The molecule has 0 spiro atoms. The summed E-state index contributed by atoms with van der Waals surface area (Å²) in [4.78, 5) is 11.4. The second-order valence-electron chi connectivity index (χ2n) is 4.64. The molecule has 0 saturated heterocycles. The number of nitrogens with two attached hydrogens (primary N) is 1. The van der Waals surface area contributed by atoms with Crippen molar-refractivity contribution >= 4 is 5.97 Å². The summed E-state index contributed by atoms with van der Waals surface area (Å²) in [5.74, 6) is -0.334. The van der Waals surface area contributed by atoms with E-state index in [0.29, 0.717) is 6.42 Å². The van der Waals surface area contributed by atoms with Gasteiger partial charge < -0.3 is 10.5 Å². The fourth-order valence-electron chi connectivity index (χ4n) is 0.897. The van der Waals surface area contributed by atoms with Gasteiger partial charge in [-0.05, 0) is 40.5 Å². The number of carbonyl (C=O) groups is 1. The van der Waals surface area contributed by atoms with Crippen LogP contribution in [0.25, 0.3) is 0 Å². The molecule has 0 aliphatic carbocycles. The Kier molecular flexibility index (Phi) is 4.85. The van der Waals surface area contributed by atoms with Crippen LogP contribution in [0.4, 0.5) is 0 Å². The van der Waals surface area contributed by atoms with E-state index in [9.17, 15) is 4.79 Å². The van der Waals surface area contributed by atoms with Gasteiger partial charge in [-0.2, -0.15) is 0 Å². The zero-order chi connectivity index (χ0) is 11.4. The van der Waals surface area contributed by atoms with Gasteiger partial charge in [0.05, 0.1) is 0 Å². The molecule has 0 aromatic heterocycles. The Hall–Kier alpha value is -0.830. The molecule has 3 nitrogen and oxygen atoms in total. The van der Waals surface area contributed by atoms with E-state index in [1.54, 1.807) is 0 Å². The van der Waals surface area contributed by atoms with Crippen LogP contribution in [-0.4, -0.2) is 17.6 Å². The Bertz CT molecular complexity index is 216. The fourth-order valence-corrected chi connectivity index (χ4v) is 0.897. The fraction of sp³-hybridized carbons (Fsp3) is 0.727. The van der Waals surface area contributed by atoms with Gasteiger partial charge in [0.25, 0.3) is 0 Å². The van der Waals surface area contributed by atoms with Gasteiger partial charge in [0.15, 0.2) is 0 Å². The van der Waals surface area contributed by atoms with Crippen LogP contribution in [-0.2, 0) is 9.53 Å². The normalized spacial score (nSPS) is 13.5. The van der Waals surface area contributed by atoms with Crippen LogP contribution in [0.3, 0.4) is 0 Å². The Morgan fingerprint density at radius 3 is 2.36 bits per heavy atom. The van der Waals surface area contributed by atoms with Gasteiger partial charge >= 0.3 is 5.97 Å². The third-order valence-corrected chi connectivity index (χ3v) is 1.59. The molecular formula is C11H21NO2. The van der Waals surface area contributed by atoms with Gasteiger partial charge in [-0.15, -0.1) is 6.58 Å². The van der Waals surface area contributed by atoms with Gasteiger partial charge in [-0.3, -0.25) is 4.79 Å². The second-order valence-corrected chi connectivity index (χ2v) is 4.64. The molecule has 1 atom stereocenters. The van der Waals surface area contributed by atoms with Gasteiger partial charge in [0.1, 0.15) is 11.6 Å². The lowest BCUT2D eigenvalue weighted by atomic mass is 10.1. The van der Waals surface area contributed by atoms with E-state index in [1.165, 1.54) is 0 Å². The maximum absolute atomic E-state index is 11.4. The van der Waals surface area contributed by atoms with E-state index in [1.807, 2.05) is 27.7 Å². The van der Waals surface area contributed by atoms with E-state index in [2.05, 4.69) is 6.58 Å². The minimum absolute atomic E-state index is 0.334. The van der Waals surface area contributed by atoms with E-state index in [-0.39, 0.29) is 5.97 Å². The summed E-state index contributed by atoms with van der Waals surface area (Å²) in [5, 5.41) is 0. The van der Waals surface area contributed by atoms with Crippen molar-refractivity contribution in [2.24, 2.45) is 5.73 Å². The molecular weight excluding hydrogens is 178 g/mol. The molecule has 0 radical (unpaired) electrons. The van der Waals surface area contributed by atoms with Crippen LogP contribution in [0.2, 0.25) is 0 Å². The molecule has 1 unspecified atom stereocenters. The van der Waals surface area contributed by atoms with E-state index >= 15 is 0 Å². The molecule has 0 aliphatic heterocycles. The topological polar surface area (TPSA) is 52.3 Å². The first-order valence-corrected chi connectivity index (χ1v) is 4.85. The molecule has 0 amide bonds. The minimum Gasteiger partial charge on any atom is -0.459 e. The van der Waals surface area contributed by atoms with Crippen molar-refractivity contribution in [3.63, 3.8) is 0 Å².